The molecule has 31 heavy (non-hydrogen) atoms. The summed E-state index contributed by atoms with van der Waals surface area (Å²) in [6, 6.07) is 12.4. The number of para-hydroxylation sites is 1. The van der Waals surface area contributed by atoms with E-state index in [1.165, 1.54) is 0 Å². The molecule has 1 saturated heterocycles. The lowest BCUT2D eigenvalue weighted by Gasteiger charge is -2.26. The fourth-order valence-corrected chi connectivity index (χ4v) is 3.76. The molecule has 1 fully saturated rings. The van der Waals surface area contributed by atoms with Crippen LogP contribution >= 0.6 is 0 Å². The van der Waals surface area contributed by atoms with Gasteiger partial charge in [0, 0.05) is 35.7 Å². The number of fused-ring (bicyclic) bond motifs is 1. The first kappa shape index (κ1) is 19.4. The van der Waals surface area contributed by atoms with E-state index in [1.54, 1.807) is 13.4 Å². The number of anilines is 1. The van der Waals surface area contributed by atoms with Crippen molar-refractivity contribution in [3.05, 3.63) is 60.7 Å². The molecule has 0 amide bonds. The number of nitrogens with zero attached hydrogens (tertiary/aromatic N) is 5. The molecule has 0 saturated carbocycles. The average Bonchev–Trinajstić information content (AvgIpc) is 3.19. The Morgan fingerprint density at radius 1 is 1.16 bits per heavy atom. The Kier molecular flexibility index (Phi) is 5.21. The van der Waals surface area contributed by atoms with Crippen LogP contribution in [0.25, 0.3) is 22.3 Å². The van der Waals surface area contributed by atoms with Crippen LogP contribution in [0.15, 0.2) is 55.1 Å². The van der Waals surface area contributed by atoms with Crippen molar-refractivity contribution in [1.82, 2.24) is 24.7 Å². The first-order valence-corrected chi connectivity index (χ1v) is 10.3. The average molecular weight is 416 g/mol. The monoisotopic (exact) mass is 416 g/mol. The van der Waals surface area contributed by atoms with E-state index < -0.39 is 0 Å². The standard InChI is InChI=1S/C23H24N6O2/c1-15(19-5-3-4-6-21(19)30-2)9-24-22-8-20(26-14-27-22)16-7-17-11-28-29(18-12-31-13-18)23(17)25-10-16/h3-8,10-11,14-15,18H,9,12-13H2,1-2H3,(H,24,26,27)/t15-/m1/s1. The van der Waals surface area contributed by atoms with E-state index in [9.17, 15) is 0 Å². The van der Waals surface area contributed by atoms with Gasteiger partial charge in [0.05, 0.1) is 32.2 Å². The lowest BCUT2D eigenvalue weighted by atomic mass is 10.00. The van der Waals surface area contributed by atoms with Gasteiger partial charge in [-0.05, 0) is 17.7 Å². The number of aromatic nitrogens is 5. The van der Waals surface area contributed by atoms with Gasteiger partial charge in [-0.2, -0.15) is 5.10 Å². The van der Waals surface area contributed by atoms with E-state index in [0.717, 1.165) is 46.0 Å². The Labute approximate surface area is 180 Å². The van der Waals surface area contributed by atoms with Gasteiger partial charge in [0.1, 0.15) is 23.9 Å². The first-order chi connectivity index (χ1) is 15.2. The van der Waals surface area contributed by atoms with Gasteiger partial charge in [-0.15, -0.1) is 0 Å². The highest BCUT2D eigenvalue weighted by Gasteiger charge is 2.23. The largest absolute Gasteiger partial charge is 0.496 e. The molecule has 158 valence electrons. The molecular weight excluding hydrogens is 392 g/mol. The molecule has 1 atom stereocenters. The van der Waals surface area contributed by atoms with Crippen molar-refractivity contribution in [3.63, 3.8) is 0 Å². The molecule has 1 aliphatic heterocycles. The smallest absolute Gasteiger partial charge is 0.158 e. The summed E-state index contributed by atoms with van der Waals surface area (Å²) in [5.74, 6) is 1.93. The Morgan fingerprint density at radius 2 is 2.03 bits per heavy atom. The van der Waals surface area contributed by atoms with Crippen LogP contribution < -0.4 is 10.1 Å². The number of rotatable bonds is 7. The molecule has 1 aromatic carbocycles. The summed E-state index contributed by atoms with van der Waals surface area (Å²) < 4.78 is 12.7. The zero-order chi connectivity index (χ0) is 21.2. The van der Waals surface area contributed by atoms with Gasteiger partial charge in [-0.25, -0.2) is 19.6 Å². The van der Waals surface area contributed by atoms with Crippen molar-refractivity contribution < 1.29 is 9.47 Å². The summed E-state index contributed by atoms with van der Waals surface area (Å²) in [5, 5.41) is 8.89. The van der Waals surface area contributed by atoms with E-state index in [1.807, 2.05) is 41.3 Å². The third-order valence-electron chi connectivity index (χ3n) is 5.62. The third-order valence-corrected chi connectivity index (χ3v) is 5.62. The van der Waals surface area contributed by atoms with E-state index >= 15 is 0 Å². The summed E-state index contributed by atoms with van der Waals surface area (Å²) in [7, 11) is 1.70. The zero-order valence-electron chi connectivity index (χ0n) is 17.5. The zero-order valence-corrected chi connectivity index (χ0v) is 17.5. The second-order valence-electron chi connectivity index (χ2n) is 7.73. The van der Waals surface area contributed by atoms with E-state index in [-0.39, 0.29) is 12.0 Å². The molecule has 0 unspecified atom stereocenters. The minimum absolute atomic E-state index is 0.258. The van der Waals surface area contributed by atoms with Crippen LogP contribution in [0.3, 0.4) is 0 Å². The van der Waals surface area contributed by atoms with Crippen LogP contribution in [0.5, 0.6) is 5.75 Å². The molecule has 8 heteroatoms. The third kappa shape index (κ3) is 3.82. The van der Waals surface area contributed by atoms with Crippen molar-refractivity contribution in [1.29, 1.82) is 0 Å². The lowest BCUT2D eigenvalue weighted by molar-refractivity contribution is -0.0269. The molecular formula is C23H24N6O2. The number of hydrogen-bond acceptors (Lipinski definition) is 7. The fraction of sp³-hybridized carbons (Fsp3) is 0.304. The minimum atomic E-state index is 0.258. The molecule has 4 heterocycles. The SMILES string of the molecule is COc1ccccc1[C@H](C)CNc1cc(-c2cnc3c(cnn3C3COC3)c2)ncn1. The Bertz CT molecular complexity index is 1200. The highest BCUT2D eigenvalue weighted by Crippen LogP contribution is 2.28. The highest BCUT2D eigenvalue weighted by molar-refractivity contribution is 5.80. The quantitative estimate of drug-likeness (QED) is 0.492. The molecule has 1 aliphatic rings. The van der Waals surface area contributed by atoms with Crippen LogP contribution in [-0.2, 0) is 4.74 Å². The number of pyridine rings is 1. The highest BCUT2D eigenvalue weighted by atomic mass is 16.5. The number of methoxy groups -OCH3 is 1. The molecule has 0 bridgehead atoms. The van der Waals surface area contributed by atoms with Crippen molar-refractivity contribution in [2.45, 2.75) is 18.9 Å². The van der Waals surface area contributed by atoms with Gasteiger partial charge in [-0.1, -0.05) is 25.1 Å². The van der Waals surface area contributed by atoms with Crippen LogP contribution in [0.1, 0.15) is 24.4 Å². The minimum Gasteiger partial charge on any atom is -0.496 e. The second-order valence-corrected chi connectivity index (χ2v) is 7.73. The molecule has 0 radical (unpaired) electrons. The topological polar surface area (TPSA) is 87.0 Å². The summed E-state index contributed by atoms with van der Waals surface area (Å²) in [4.78, 5) is 13.5. The van der Waals surface area contributed by atoms with Gasteiger partial charge in [-0.3, -0.25) is 0 Å². The van der Waals surface area contributed by atoms with Gasteiger partial charge in [0.2, 0.25) is 0 Å². The van der Waals surface area contributed by atoms with Crippen LogP contribution in [0, 0.1) is 0 Å². The van der Waals surface area contributed by atoms with Crippen LogP contribution in [0.2, 0.25) is 0 Å². The number of nitrogens with one attached hydrogen (secondary N) is 1. The van der Waals surface area contributed by atoms with Crippen LogP contribution in [0.4, 0.5) is 5.82 Å². The van der Waals surface area contributed by atoms with Crippen molar-refractivity contribution >= 4 is 16.9 Å². The van der Waals surface area contributed by atoms with Gasteiger partial charge < -0.3 is 14.8 Å². The van der Waals surface area contributed by atoms with E-state index in [2.05, 4.69) is 44.4 Å². The predicted molar refractivity (Wildman–Crippen MR) is 118 cm³/mol. The normalized spacial score (nSPS) is 14.9. The first-order valence-electron chi connectivity index (χ1n) is 10.3. The maximum absolute atomic E-state index is 5.48. The van der Waals surface area contributed by atoms with Gasteiger partial charge >= 0.3 is 0 Å². The Hall–Kier alpha value is -3.52. The molecule has 0 spiro atoms. The summed E-state index contributed by atoms with van der Waals surface area (Å²) in [5.41, 5.74) is 3.78. The summed E-state index contributed by atoms with van der Waals surface area (Å²) in [6.07, 6.45) is 5.26. The predicted octanol–water partition coefficient (Wildman–Crippen LogP) is 3.68. The molecule has 8 nitrogen and oxygen atoms in total. The summed E-state index contributed by atoms with van der Waals surface area (Å²) in [6.45, 7) is 4.27. The second kappa shape index (κ2) is 8.31. The molecule has 5 rings (SSSR count). The fourth-order valence-electron chi connectivity index (χ4n) is 3.76. The Morgan fingerprint density at radius 3 is 2.84 bits per heavy atom. The maximum Gasteiger partial charge on any atom is 0.158 e. The summed E-state index contributed by atoms with van der Waals surface area (Å²) >= 11 is 0. The molecule has 0 aliphatic carbocycles. The lowest BCUT2D eigenvalue weighted by Crippen LogP contribution is -2.31. The number of benzene rings is 1. The van der Waals surface area contributed by atoms with E-state index in [4.69, 9.17) is 9.47 Å². The van der Waals surface area contributed by atoms with Crippen molar-refractivity contribution in [3.8, 4) is 17.0 Å². The molecule has 3 aromatic heterocycles. The molecule has 1 N–H and O–H groups in total. The maximum atomic E-state index is 5.48. The van der Waals surface area contributed by atoms with Gasteiger partial charge in [0.25, 0.3) is 0 Å². The van der Waals surface area contributed by atoms with E-state index in [0.29, 0.717) is 13.2 Å². The van der Waals surface area contributed by atoms with Crippen LogP contribution in [-0.4, -0.2) is 51.6 Å². The molecule has 4 aromatic rings. The Balaban J connectivity index is 1.33. The van der Waals surface area contributed by atoms with Crippen molar-refractivity contribution in [2.24, 2.45) is 0 Å². The number of hydrogen-bond donors (Lipinski definition) is 1. The van der Waals surface area contributed by atoms with Gasteiger partial charge in [0.15, 0.2) is 5.65 Å². The van der Waals surface area contributed by atoms with Crippen molar-refractivity contribution in [2.75, 3.05) is 32.2 Å². The number of ether oxygens (including phenoxy) is 2.